The Morgan fingerprint density at radius 2 is 2.25 bits per heavy atom. The third-order valence-corrected chi connectivity index (χ3v) is 3.14. The van der Waals surface area contributed by atoms with E-state index >= 15 is 0 Å². The molecule has 6 nitrogen and oxygen atoms in total. The molecule has 0 spiro atoms. The summed E-state index contributed by atoms with van der Waals surface area (Å²) in [5.74, 6) is 0.795. The summed E-state index contributed by atoms with van der Waals surface area (Å²) in [5, 5.41) is 7.82. The summed E-state index contributed by atoms with van der Waals surface area (Å²) in [6, 6.07) is 2.07. The van der Waals surface area contributed by atoms with E-state index in [1.54, 1.807) is 7.11 Å². The van der Waals surface area contributed by atoms with Gasteiger partial charge in [0.15, 0.2) is 12.2 Å². The van der Waals surface area contributed by atoms with Crippen LogP contribution in [-0.2, 0) is 24.2 Å². The van der Waals surface area contributed by atoms with E-state index in [0.717, 1.165) is 42.4 Å². The van der Waals surface area contributed by atoms with Gasteiger partial charge in [-0.2, -0.15) is 5.10 Å². The number of oxazole rings is 1. The van der Waals surface area contributed by atoms with E-state index < -0.39 is 0 Å². The number of nitrogens with one attached hydrogen (secondary N) is 1. The van der Waals surface area contributed by atoms with Gasteiger partial charge in [-0.05, 0) is 19.4 Å². The maximum Gasteiger partial charge on any atom is 0.181 e. The lowest BCUT2D eigenvalue weighted by Gasteiger charge is -2.05. The Kier molecular flexibility index (Phi) is 5.31. The number of hydrogen-bond donors (Lipinski definition) is 1. The number of rotatable bonds is 8. The summed E-state index contributed by atoms with van der Waals surface area (Å²) in [5.41, 5.74) is 2.96. The molecule has 0 amide bonds. The van der Waals surface area contributed by atoms with Crippen LogP contribution in [0.15, 0.2) is 16.9 Å². The van der Waals surface area contributed by atoms with Gasteiger partial charge in [0.05, 0.1) is 12.3 Å². The van der Waals surface area contributed by atoms with Crippen LogP contribution in [0, 0.1) is 0 Å². The zero-order chi connectivity index (χ0) is 14.4. The van der Waals surface area contributed by atoms with Crippen molar-refractivity contribution in [3.05, 3.63) is 23.8 Å². The molecule has 0 unspecified atom stereocenters. The van der Waals surface area contributed by atoms with Crippen molar-refractivity contribution in [1.29, 1.82) is 0 Å². The van der Waals surface area contributed by atoms with Crippen LogP contribution in [0.2, 0.25) is 0 Å². The van der Waals surface area contributed by atoms with Gasteiger partial charge >= 0.3 is 0 Å². The van der Waals surface area contributed by atoms with Crippen LogP contribution in [0.1, 0.15) is 25.2 Å². The van der Waals surface area contributed by atoms with Gasteiger partial charge in [0, 0.05) is 26.7 Å². The predicted octanol–water partition coefficient (Wildman–Crippen LogP) is 1.86. The summed E-state index contributed by atoms with van der Waals surface area (Å²) in [7, 11) is 1.69. The average molecular weight is 278 g/mol. The van der Waals surface area contributed by atoms with Crippen molar-refractivity contribution in [1.82, 2.24) is 20.1 Å². The first-order valence-electron chi connectivity index (χ1n) is 6.99. The molecule has 6 heteroatoms. The first-order chi connectivity index (χ1) is 9.80. The minimum atomic E-state index is 0.658. The molecule has 2 rings (SSSR count). The molecule has 1 N–H and O–H groups in total. The molecule has 0 aromatic carbocycles. The monoisotopic (exact) mass is 278 g/mol. The highest BCUT2D eigenvalue weighted by atomic mass is 16.5. The van der Waals surface area contributed by atoms with E-state index in [0.29, 0.717) is 13.2 Å². The predicted molar refractivity (Wildman–Crippen MR) is 76.4 cm³/mol. The van der Waals surface area contributed by atoms with Crippen LogP contribution >= 0.6 is 0 Å². The Labute approximate surface area is 119 Å². The second-order valence-electron chi connectivity index (χ2n) is 4.49. The van der Waals surface area contributed by atoms with Crippen molar-refractivity contribution >= 4 is 0 Å². The summed E-state index contributed by atoms with van der Waals surface area (Å²) >= 11 is 0. The van der Waals surface area contributed by atoms with Crippen LogP contribution in [-0.4, -0.2) is 35.0 Å². The fraction of sp³-hybridized carbons (Fsp3) is 0.571. The van der Waals surface area contributed by atoms with Crippen molar-refractivity contribution in [3.63, 3.8) is 0 Å². The van der Waals surface area contributed by atoms with E-state index in [-0.39, 0.29) is 0 Å². The molecule has 2 heterocycles. The molecule has 0 fully saturated rings. The van der Waals surface area contributed by atoms with Crippen molar-refractivity contribution in [2.24, 2.45) is 0 Å². The summed E-state index contributed by atoms with van der Waals surface area (Å²) in [6.45, 7) is 7.11. The molecule has 0 saturated heterocycles. The van der Waals surface area contributed by atoms with Crippen LogP contribution in [0.4, 0.5) is 0 Å². The quantitative estimate of drug-likeness (QED) is 0.747. The number of hydrogen-bond acceptors (Lipinski definition) is 5. The molecule has 0 aliphatic carbocycles. The molecule has 2 aromatic heterocycles. The van der Waals surface area contributed by atoms with Gasteiger partial charge in [0.25, 0.3) is 0 Å². The highest BCUT2D eigenvalue weighted by Crippen LogP contribution is 2.24. The number of methoxy groups -OCH3 is 1. The molecular formula is C14H22N4O2. The Bertz CT molecular complexity index is 533. The van der Waals surface area contributed by atoms with Crippen molar-refractivity contribution in [3.8, 4) is 11.5 Å². The number of aryl methyl sites for hydroxylation is 2. The fourth-order valence-corrected chi connectivity index (χ4v) is 2.05. The summed E-state index contributed by atoms with van der Waals surface area (Å²) in [4.78, 5) is 4.29. The second kappa shape index (κ2) is 7.21. The van der Waals surface area contributed by atoms with E-state index in [2.05, 4.69) is 35.3 Å². The van der Waals surface area contributed by atoms with E-state index in [1.165, 1.54) is 6.39 Å². The minimum absolute atomic E-state index is 0.658. The molecule has 0 aliphatic heterocycles. The lowest BCUT2D eigenvalue weighted by Crippen LogP contribution is -2.19. The summed E-state index contributed by atoms with van der Waals surface area (Å²) < 4.78 is 12.5. The standard InChI is InChI=1S/C14H22N4O2/c1-4-11-8-13(18(5-2)17-11)14-12(16-10-20-14)9-15-6-7-19-3/h8,10,15H,4-7,9H2,1-3H3. The highest BCUT2D eigenvalue weighted by molar-refractivity contribution is 5.56. The Morgan fingerprint density at radius 3 is 2.95 bits per heavy atom. The fourth-order valence-electron chi connectivity index (χ4n) is 2.05. The second-order valence-corrected chi connectivity index (χ2v) is 4.49. The maximum absolute atomic E-state index is 5.56. The van der Waals surface area contributed by atoms with E-state index in [1.807, 2.05) is 4.68 Å². The smallest absolute Gasteiger partial charge is 0.181 e. The normalized spacial score (nSPS) is 11.2. The lowest BCUT2D eigenvalue weighted by atomic mass is 10.2. The van der Waals surface area contributed by atoms with Crippen LogP contribution in [0.5, 0.6) is 0 Å². The van der Waals surface area contributed by atoms with Gasteiger partial charge in [0.2, 0.25) is 0 Å². The summed E-state index contributed by atoms with van der Waals surface area (Å²) in [6.07, 6.45) is 2.40. The zero-order valence-electron chi connectivity index (χ0n) is 12.3. The Balaban J connectivity index is 2.16. The molecule has 2 aromatic rings. The third kappa shape index (κ3) is 3.26. The molecule has 20 heavy (non-hydrogen) atoms. The van der Waals surface area contributed by atoms with Gasteiger partial charge in [-0.1, -0.05) is 6.92 Å². The van der Waals surface area contributed by atoms with Crippen LogP contribution in [0.3, 0.4) is 0 Å². The van der Waals surface area contributed by atoms with E-state index in [9.17, 15) is 0 Å². The molecule has 110 valence electrons. The van der Waals surface area contributed by atoms with Crippen molar-refractivity contribution < 1.29 is 9.15 Å². The number of nitrogens with zero attached hydrogens (tertiary/aromatic N) is 3. The third-order valence-electron chi connectivity index (χ3n) is 3.14. The molecule has 0 radical (unpaired) electrons. The average Bonchev–Trinajstić information content (AvgIpc) is 3.09. The van der Waals surface area contributed by atoms with Crippen LogP contribution in [0.25, 0.3) is 11.5 Å². The van der Waals surface area contributed by atoms with Gasteiger partial charge in [-0.25, -0.2) is 4.98 Å². The van der Waals surface area contributed by atoms with Crippen molar-refractivity contribution in [2.45, 2.75) is 33.4 Å². The maximum atomic E-state index is 5.56. The zero-order valence-corrected chi connectivity index (χ0v) is 12.3. The molecule has 0 aliphatic rings. The van der Waals surface area contributed by atoms with Gasteiger partial charge < -0.3 is 14.5 Å². The van der Waals surface area contributed by atoms with E-state index in [4.69, 9.17) is 9.15 Å². The first kappa shape index (κ1) is 14.7. The highest BCUT2D eigenvalue weighted by Gasteiger charge is 2.16. The van der Waals surface area contributed by atoms with Crippen molar-refractivity contribution in [2.75, 3.05) is 20.3 Å². The molecule has 0 atom stereocenters. The number of aromatic nitrogens is 3. The Hall–Kier alpha value is -1.66. The van der Waals surface area contributed by atoms with Gasteiger partial charge in [-0.3, -0.25) is 4.68 Å². The van der Waals surface area contributed by atoms with Gasteiger partial charge in [-0.15, -0.1) is 0 Å². The molecular weight excluding hydrogens is 256 g/mol. The lowest BCUT2D eigenvalue weighted by molar-refractivity contribution is 0.199. The molecule has 0 bridgehead atoms. The van der Waals surface area contributed by atoms with Gasteiger partial charge in [0.1, 0.15) is 11.4 Å². The topological polar surface area (TPSA) is 65.1 Å². The Morgan fingerprint density at radius 1 is 1.40 bits per heavy atom. The number of ether oxygens (including phenoxy) is 1. The first-order valence-corrected chi connectivity index (χ1v) is 6.99. The van der Waals surface area contributed by atoms with Crippen LogP contribution < -0.4 is 5.32 Å². The largest absolute Gasteiger partial charge is 0.442 e. The SMILES string of the molecule is CCc1cc(-c2ocnc2CNCCOC)n(CC)n1. The molecule has 0 saturated carbocycles. The minimum Gasteiger partial charge on any atom is -0.442 e.